The van der Waals surface area contributed by atoms with Crippen LogP contribution in [0.1, 0.15) is 44.9 Å². The van der Waals surface area contributed by atoms with Crippen molar-refractivity contribution in [2.24, 2.45) is 11.2 Å². The van der Waals surface area contributed by atoms with Gasteiger partial charge in [-0.3, -0.25) is 0 Å². The molecule has 0 aromatic rings. The maximum atomic E-state index is 11.9. The summed E-state index contributed by atoms with van der Waals surface area (Å²) in [4.78, 5) is 18.8. The number of hydrogen-bond donors (Lipinski definition) is 0. The highest BCUT2D eigenvalue weighted by atomic mass is 28.4. The molecule has 0 saturated heterocycles. The zero-order chi connectivity index (χ0) is 15.0. The van der Waals surface area contributed by atoms with Crippen LogP contribution in [0.3, 0.4) is 0 Å². The van der Waals surface area contributed by atoms with E-state index in [0.29, 0.717) is 12.3 Å². The van der Waals surface area contributed by atoms with Crippen LogP contribution in [0.4, 0.5) is 0 Å². The van der Waals surface area contributed by atoms with Gasteiger partial charge in [-0.1, -0.05) is 32.1 Å². The Bertz CT molecular complexity index is 358. The fourth-order valence-corrected chi connectivity index (χ4v) is 3.70. The molecular formula is C13H25N3O3Si. The van der Waals surface area contributed by atoms with Gasteiger partial charge in [0.1, 0.15) is 11.4 Å². The van der Waals surface area contributed by atoms with Gasteiger partial charge >= 0.3 is 5.97 Å². The number of hydrogen-bond acceptors (Lipinski definition) is 4. The van der Waals surface area contributed by atoms with E-state index in [1.807, 2.05) is 19.6 Å². The zero-order valence-corrected chi connectivity index (χ0v) is 13.7. The van der Waals surface area contributed by atoms with Crippen LogP contribution in [0.2, 0.25) is 19.6 Å². The van der Waals surface area contributed by atoms with Crippen molar-refractivity contribution in [2.45, 2.75) is 70.7 Å². The first-order valence-corrected chi connectivity index (χ1v) is 10.8. The van der Waals surface area contributed by atoms with Crippen molar-refractivity contribution in [2.75, 3.05) is 0 Å². The van der Waals surface area contributed by atoms with Crippen LogP contribution in [0.5, 0.6) is 0 Å². The highest BCUT2D eigenvalue weighted by Crippen LogP contribution is 2.28. The second-order valence-electron chi connectivity index (χ2n) is 6.38. The Morgan fingerprint density at radius 2 is 2.00 bits per heavy atom. The Morgan fingerprint density at radius 1 is 1.35 bits per heavy atom. The van der Waals surface area contributed by atoms with E-state index in [0.717, 1.165) is 6.42 Å². The van der Waals surface area contributed by atoms with Crippen LogP contribution < -0.4 is 0 Å². The summed E-state index contributed by atoms with van der Waals surface area (Å²) in [6, 6.07) is 0. The summed E-state index contributed by atoms with van der Waals surface area (Å²) >= 11 is 0. The molecule has 0 bridgehead atoms. The average Bonchev–Trinajstić information content (AvgIpc) is 2.40. The SMILES string of the molecule is C[Si](C)(C)O[C@@H](CCC1CCCCC1)C(=O)ON=[N+]=[N-]. The molecule has 0 spiro atoms. The zero-order valence-electron chi connectivity index (χ0n) is 12.7. The van der Waals surface area contributed by atoms with Gasteiger partial charge in [0.15, 0.2) is 8.32 Å². The maximum Gasteiger partial charge on any atom is 0.345 e. The van der Waals surface area contributed by atoms with Gasteiger partial charge in [0.2, 0.25) is 0 Å². The topological polar surface area (TPSA) is 84.3 Å². The van der Waals surface area contributed by atoms with Crippen LogP contribution in [0.15, 0.2) is 5.28 Å². The van der Waals surface area contributed by atoms with Crippen molar-refractivity contribution < 1.29 is 14.1 Å². The minimum absolute atomic E-state index is 0.568. The molecule has 0 radical (unpaired) electrons. The summed E-state index contributed by atoms with van der Waals surface area (Å²) in [5, 5.41) is 2.88. The fourth-order valence-electron chi connectivity index (χ4n) is 2.63. The van der Waals surface area contributed by atoms with Crippen molar-refractivity contribution in [3.63, 3.8) is 0 Å². The van der Waals surface area contributed by atoms with E-state index in [4.69, 9.17) is 9.96 Å². The molecule has 114 valence electrons. The lowest BCUT2D eigenvalue weighted by atomic mass is 9.85. The lowest BCUT2D eigenvalue weighted by Crippen LogP contribution is -2.37. The number of carbonyl (C=O) groups is 1. The summed E-state index contributed by atoms with van der Waals surface area (Å²) in [5.74, 6) is 0.116. The van der Waals surface area contributed by atoms with E-state index < -0.39 is 20.4 Å². The molecule has 0 heterocycles. The number of carbonyl (C=O) groups excluding carboxylic acids is 1. The van der Waals surface area contributed by atoms with Crippen molar-refractivity contribution in [3.8, 4) is 0 Å². The van der Waals surface area contributed by atoms with Gasteiger partial charge in [0.25, 0.3) is 0 Å². The largest absolute Gasteiger partial charge is 0.404 e. The Labute approximate surface area is 121 Å². The lowest BCUT2D eigenvalue weighted by Gasteiger charge is -2.27. The van der Waals surface area contributed by atoms with Crippen LogP contribution in [-0.2, 0) is 14.1 Å². The third kappa shape index (κ3) is 6.93. The van der Waals surface area contributed by atoms with E-state index in [1.165, 1.54) is 32.1 Å². The Balaban J connectivity index is 2.52. The Hall–Kier alpha value is -1.04. The first kappa shape index (κ1) is 17.0. The van der Waals surface area contributed by atoms with E-state index in [-0.39, 0.29) is 0 Å². The third-order valence-electron chi connectivity index (χ3n) is 3.49. The van der Waals surface area contributed by atoms with Gasteiger partial charge < -0.3 is 9.26 Å². The first-order valence-electron chi connectivity index (χ1n) is 7.35. The van der Waals surface area contributed by atoms with Crippen LogP contribution in [-0.4, -0.2) is 20.4 Å². The Morgan fingerprint density at radius 3 is 2.55 bits per heavy atom. The molecule has 7 heteroatoms. The van der Waals surface area contributed by atoms with Gasteiger partial charge in [-0.15, -0.1) is 0 Å². The summed E-state index contributed by atoms with van der Waals surface area (Å²) < 4.78 is 5.87. The standard InChI is InChI=1S/C13H25N3O3Si/c1-20(2,3)19-12(13(17)18-16-15-14)10-9-11-7-5-4-6-8-11/h11-12H,4-10H2,1-3H3/t12-/m0/s1. The van der Waals surface area contributed by atoms with Crippen molar-refractivity contribution >= 4 is 14.3 Å². The molecular weight excluding hydrogens is 274 g/mol. The second kappa shape index (κ2) is 8.29. The van der Waals surface area contributed by atoms with Gasteiger partial charge in [-0.05, 0) is 43.9 Å². The average molecular weight is 299 g/mol. The molecule has 0 aromatic heterocycles. The predicted molar refractivity (Wildman–Crippen MR) is 79.3 cm³/mol. The maximum absolute atomic E-state index is 11.9. The monoisotopic (exact) mass is 299 g/mol. The normalized spacial score (nSPS) is 18.1. The number of azide groups is 1. The lowest BCUT2D eigenvalue weighted by molar-refractivity contribution is -0.153. The van der Waals surface area contributed by atoms with Gasteiger partial charge in [-0.2, -0.15) is 0 Å². The van der Waals surface area contributed by atoms with Gasteiger partial charge in [0.05, 0.1) is 0 Å². The van der Waals surface area contributed by atoms with Gasteiger partial charge in [-0.25, -0.2) is 4.79 Å². The summed E-state index contributed by atoms with van der Waals surface area (Å²) in [7, 11) is -1.84. The number of rotatable bonds is 7. The van der Waals surface area contributed by atoms with Crippen LogP contribution in [0, 0.1) is 5.92 Å². The molecule has 1 rings (SSSR count). The smallest absolute Gasteiger partial charge is 0.345 e. The van der Waals surface area contributed by atoms with Crippen LogP contribution in [0.25, 0.3) is 10.4 Å². The molecule has 0 unspecified atom stereocenters. The van der Waals surface area contributed by atoms with E-state index in [9.17, 15) is 4.79 Å². The molecule has 20 heavy (non-hydrogen) atoms. The highest BCUT2D eigenvalue weighted by Gasteiger charge is 2.28. The molecule has 1 aliphatic rings. The fraction of sp³-hybridized carbons (Fsp3) is 0.923. The molecule has 0 aromatic carbocycles. The van der Waals surface area contributed by atoms with E-state index >= 15 is 0 Å². The van der Waals surface area contributed by atoms with Crippen molar-refractivity contribution in [1.29, 1.82) is 0 Å². The molecule has 1 atom stereocenters. The molecule has 6 nitrogen and oxygen atoms in total. The van der Waals surface area contributed by atoms with E-state index in [1.54, 1.807) is 0 Å². The van der Waals surface area contributed by atoms with E-state index in [2.05, 4.69) is 15.0 Å². The second-order valence-corrected chi connectivity index (χ2v) is 10.8. The van der Waals surface area contributed by atoms with Crippen molar-refractivity contribution in [1.82, 2.24) is 0 Å². The predicted octanol–water partition coefficient (Wildman–Crippen LogP) is 4.34. The third-order valence-corrected chi connectivity index (χ3v) is 4.48. The summed E-state index contributed by atoms with van der Waals surface area (Å²) in [6.07, 6.45) is 7.39. The number of nitrogens with zero attached hydrogens (tertiary/aromatic N) is 3. The first-order chi connectivity index (χ1) is 9.42. The molecule has 1 aliphatic carbocycles. The Kier molecular flexibility index (Phi) is 7.05. The van der Waals surface area contributed by atoms with Crippen LogP contribution >= 0.6 is 0 Å². The van der Waals surface area contributed by atoms with Gasteiger partial charge in [0, 0.05) is 4.91 Å². The highest BCUT2D eigenvalue weighted by molar-refractivity contribution is 6.69. The molecule has 0 amide bonds. The molecule has 0 N–H and O–H groups in total. The minimum Gasteiger partial charge on any atom is -0.404 e. The quantitative estimate of drug-likeness (QED) is 0.230. The molecule has 1 fully saturated rings. The molecule has 1 saturated carbocycles. The van der Waals surface area contributed by atoms with Crippen molar-refractivity contribution in [3.05, 3.63) is 10.4 Å². The molecule has 0 aliphatic heterocycles. The summed E-state index contributed by atoms with van der Waals surface area (Å²) in [6.45, 7) is 6.09. The summed E-state index contributed by atoms with van der Waals surface area (Å²) in [5.41, 5.74) is 8.21. The minimum atomic E-state index is -1.84.